The van der Waals surface area contributed by atoms with Gasteiger partial charge >= 0.3 is 0 Å². The number of likely N-dealkylation sites (tertiary alicyclic amines) is 1. The zero-order valence-electron chi connectivity index (χ0n) is 15.8. The lowest BCUT2D eigenvalue weighted by Crippen LogP contribution is -2.53. The predicted molar refractivity (Wildman–Crippen MR) is 97.7 cm³/mol. The van der Waals surface area contributed by atoms with E-state index in [1.165, 1.54) is 13.0 Å². The summed E-state index contributed by atoms with van der Waals surface area (Å²) in [6.45, 7) is 11.5. The summed E-state index contributed by atoms with van der Waals surface area (Å²) in [5.74, 6) is 0.237. The minimum absolute atomic E-state index is 0.237. The smallest absolute Gasteiger partial charge is 0.219 e. The van der Waals surface area contributed by atoms with Gasteiger partial charge in [-0.2, -0.15) is 0 Å². The lowest BCUT2D eigenvalue weighted by molar-refractivity contribution is -0.133. The van der Waals surface area contributed by atoms with Crippen LogP contribution in [-0.4, -0.2) is 98.4 Å². The molecule has 0 radical (unpaired) electrons. The maximum atomic E-state index is 12.3. The van der Waals surface area contributed by atoms with Gasteiger partial charge in [0.25, 0.3) is 0 Å². The molecule has 0 bridgehead atoms. The fourth-order valence-electron chi connectivity index (χ4n) is 4.51. The van der Waals surface area contributed by atoms with Gasteiger partial charge in [0.15, 0.2) is 0 Å². The molecule has 1 amide bonds. The van der Waals surface area contributed by atoms with Gasteiger partial charge in [-0.05, 0) is 38.6 Å². The first-order valence-electron chi connectivity index (χ1n) is 10.1. The molecule has 3 fully saturated rings. The molecule has 0 aromatic heterocycles. The van der Waals surface area contributed by atoms with Crippen molar-refractivity contribution in [2.75, 3.05) is 65.7 Å². The highest BCUT2D eigenvalue weighted by Crippen LogP contribution is 2.23. The van der Waals surface area contributed by atoms with Crippen molar-refractivity contribution >= 4 is 5.91 Å². The molecule has 3 saturated heterocycles. The lowest BCUT2D eigenvalue weighted by atomic mass is 9.98. The summed E-state index contributed by atoms with van der Waals surface area (Å²) in [6.07, 6.45) is 5.70. The van der Waals surface area contributed by atoms with Crippen LogP contribution in [0.2, 0.25) is 0 Å². The number of carbonyl (C=O) groups excluding carboxylic acids is 1. The molecule has 1 atom stereocenters. The van der Waals surface area contributed by atoms with Crippen LogP contribution in [0.5, 0.6) is 0 Å². The third-order valence-electron chi connectivity index (χ3n) is 5.96. The third-order valence-corrected chi connectivity index (χ3v) is 5.96. The first-order valence-corrected chi connectivity index (χ1v) is 10.1. The number of ether oxygens (including phenoxy) is 2. The molecule has 0 aromatic rings. The average molecular weight is 354 g/mol. The number of amides is 1. The maximum absolute atomic E-state index is 12.3. The highest BCUT2D eigenvalue weighted by Gasteiger charge is 2.31. The van der Waals surface area contributed by atoms with E-state index in [4.69, 9.17) is 9.47 Å². The standard InChI is InChI=1S/C19H35N3O3/c1-17(23)22(9-3-7-20-10-14-25-15-11-20)19-4-2-8-21(16-19)18-5-12-24-13-6-18/h18-19H,2-16H2,1H3. The Morgan fingerprint density at radius 1 is 1.04 bits per heavy atom. The summed E-state index contributed by atoms with van der Waals surface area (Å²) < 4.78 is 10.9. The zero-order valence-corrected chi connectivity index (χ0v) is 15.8. The topological polar surface area (TPSA) is 45.2 Å². The van der Waals surface area contributed by atoms with Crippen LogP contribution in [0.15, 0.2) is 0 Å². The Hall–Kier alpha value is -0.690. The summed E-state index contributed by atoms with van der Waals surface area (Å²) >= 11 is 0. The zero-order chi connectivity index (χ0) is 17.5. The summed E-state index contributed by atoms with van der Waals surface area (Å²) in [7, 11) is 0. The van der Waals surface area contributed by atoms with Crippen molar-refractivity contribution in [2.45, 2.75) is 51.1 Å². The van der Waals surface area contributed by atoms with Crippen LogP contribution in [0.25, 0.3) is 0 Å². The number of rotatable bonds is 6. The molecule has 0 saturated carbocycles. The molecular formula is C19H35N3O3. The van der Waals surface area contributed by atoms with Crippen molar-refractivity contribution in [3.05, 3.63) is 0 Å². The highest BCUT2D eigenvalue weighted by atomic mass is 16.5. The molecule has 3 aliphatic heterocycles. The van der Waals surface area contributed by atoms with E-state index in [1.54, 1.807) is 6.92 Å². The van der Waals surface area contributed by atoms with Gasteiger partial charge in [0.2, 0.25) is 5.91 Å². The monoisotopic (exact) mass is 353 g/mol. The maximum Gasteiger partial charge on any atom is 0.219 e. The number of morpholine rings is 1. The Morgan fingerprint density at radius 2 is 1.76 bits per heavy atom. The molecule has 1 unspecified atom stereocenters. The van der Waals surface area contributed by atoms with Gasteiger partial charge in [0, 0.05) is 64.9 Å². The number of hydrogen-bond acceptors (Lipinski definition) is 5. The highest BCUT2D eigenvalue weighted by molar-refractivity contribution is 5.73. The Bertz CT molecular complexity index is 409. The summed E-state index contributed by atoms with van der Waals surface area (Å²) in [5.41, 5.74) is 0. The Labute approximate surface area is 152 Å². The second kappa shape index (κ2) is 9.86. The van der Waals surface area contributed by atoms with Gasteiger partial charge in [-0.15, -0.1) is 0 Å². The molecular weight excluding hydrogens is 318 g/mol. The number of hydrogen-bond donors (Lipinski definition) is 0. The van der Waals surface area contributed by atoms with Crippen LogP contribution < -0.4 is 0 Å². The lowest BCUT2D eigenvalue weighted by Gasteiger charge is -2.43. The van der Waals surface area contributed by atoms with E-state index in [2.05, 4.69) is 14.7 Å². The molecule has 6 heteroatoms. The summed E-state index contributed by atoms with van der Waals surface area (Å²) in [6, 6.07) is 1.04. The van der Waals surface area contributed by atoms with Crippen LogP contribution in [-0.2, 0) is 14.3 Å². The second-order valence-corrected chi connectivity index (χ2v) is 7.65. The predicted octanol–water partition coefficient (Wildman–Crippen LogP) is 1.20. The SMILES string of the molecule is CC(=O)N(CCCN1CCOCC1)C1CCCN(C2CCOCC2)C1. The van der Waals surface area contributed by atoms with E-state index < -0.39 is 0 Å². The van der Waals surface area contributed by atoms with Crippen molar-refractivity contribution in [2.24, 2.45) is 0 Å². The first-order chi connectivity index (χ1) is 12.2. The second-order valence-electron chi connectivity index (χ2n) is 7.65. The quantitative estimate of drug-likeness (QED) is 0.718. The van der Waals surface area contributed by atoms with E-state index in [0.717, 1.165) is 84.8 Å². The van der Waals surface area contributed by atoms with Crippen molar-refractivity contribution in [1.29, 1.82) is 0 Å². The molecule has 3 rings (SSSR count). The molecule has 144 valence electrons. The molecule has 3 aliphatic rings. The fourth-order valence-corrected chi connectivity index (χ4v) is 4.51. The molecule has 0 aromatic carbocycles. The number of carbonyl (C=O) groups is 1. The van der Waals surface area contributed by atoms with Crippen molar-refractivity contribution in [1.82, 2.24) is 14.7 Å². The summed E-state index contributed by atoms with van der Waals surface area (Å²) in [4.78, 5) is 19.5. The molecule has 3 heterocycles. The molecule has 0 aliphatic carbocycles. The van der Waals surface area contributed by atoms with Gasteiger partial charge in [-0.1, -0.05) is 0 Å². The van der Waals surface area contributed by atoms with E-state index in [1.807, 2.05) is 0 Å². The van der Waals surface area contributed by atoms with Gasteiger partial charge in [0.1, 0.15) is 0 Å². The Kier molecular flexibility index (Phi) is 7.52. The minimum Gasteiger partial charge on any atom is -0.381 e. The molecule has 0 N–H and O–H groups in total. The minimum atomic E-state index is 0.237. The van der Waals surface area contributed by atoms with Gasteiger partial charge < -0.3 is 14.4 Å². The number of piperidine rings is 1. The molecule has 0 spiro atoms. The van der Waals surface area contributed by atoms with Crippen molar-refractivity contribution in [3.63, 3.8) is 0 Å². The summed E-state index contributed by atoms with van der Waals surface area (Å²) in [5, 5.41) is 0. The molecule has 25 heavy (non-hydrogen) atoms. The van der Waals surface area contributed by atoms with Crippen LogP contribution in [0.4, 0.5) is 0 Å². The van der Waals surface area contributed by atoms with Crippen LogP contribution in [0.1, 0.15) is 39.0 Å². The largest absolute Gasteiger partial charge is 0.381 e. The third kappa shape index (κ3) is 5.64. The van der Waals surface area contributed by atoms with Crippen LogP contribution >= 0.6 is 0 Å². The van der Waals surface area contributed by atoms with E-state index >= 15 is 0 Å². The van der Waals surface area contributed by atoms with Crippen molar-refractivity contribution < 1.29 is 14.3 Å². The van der Waals surface area contributed by atoms with Crippen LogP contribution in [0.3, 0.4) is 0 Å². The van der Waals surface area contributed by atoms with Gasteiger partial charge in [-0.3, -0.25) is 14.6 Å². The fraction of sp³-hybridized carbons (Fsp3) is 0.947. The average Bonchev–Trinajstić information content (AvgIpc) is 2.66. The van der Waals surface area contributed by atoms with E-state index in [0.29, 0.717) is 12.1 Å². The molecule has 6 nitrogen and oxygen atoms in total. The number of nitrogens with zero attached hydrogens (tertiary/aromatic N) is 3. The van der Waals surface area contributed by atoms with Gasteiger partial charge in [-0.25, -0.2) is 0 Å². The van der Waals surface area contributed by atoms with E-state index in [9.17, 15) is 4.79 Å². The van der Waals surface area contributed by atoms with E-state index in [-0.39, 0.29) is 5.91 Å². The van der Waals surface area contributed by atoms with Crippen molar-refractivity contribution in [3.8, 4) is 0 Å². The van der Waals surface area contributed by atoms with Crippen LogP contribution in [0, 0.1) is 0 Å². The normalized spacial score (nSPS) is 27.3. The first kappa shape index (κ1) is 19.1. The Balaban J connectivity index is 1.47. The van der Waals surface area contributed by atoms with Gasteiger partial charge in [0.05, 0.1) is 13.2 Å². The Morgan fingerprint density at radius 3 is 2.48 bits per heavy atom.